The van der Waals surface area contributed by atoms with E-state index in [0.29, 0.717) is 6.04 Å². The van der Waals surface area contributed by atoms with Crippen LogP contribution in [0.1, 0.15) is 45.0 Å². The Labute approximate surface area is 127 Å². The van der Waals surface area contributed by atoms with Gasteiger partial charge in [0.25, 0.3) is 0 Å². The van der Waals surface area contributed by atoms with E-state index in [-0.39, 0.29) is 11.5 Å². The number of hydrogen-bond acceptors (Lipinski definition) is 3. The smallest absolute Gasteiger partial charge is 0.0641 e. The van der Waals surface area contributed by atoms with Crippen LogP contribution in [0.5, 0.6) is 0 Å². The molecule has 0 saturated heterocycles. The van der Waals surface area contributed by atoms with Crippen molar-refractivity contribution in [2.45, 2.75) is 51.6 Å². The maximum atomic E-state index is 5.83. The largest absolute Gasteiger partial charge is 0.271 e. The summed E-state index contributed by atoms with van der Waals surface area (Å²) in [6.45, 7) is 8.69. The molecule has 0 aliphatic heterocycles. The van der Waals surface area contributed by atoms with E-state index in [1.807, 2.05) is 16.9 Å². The highest BCUT2D eigenvalue weighted by Gasteiger charge is 2.31. The molecule has 21 heavy (non-hydrogen) atoms. The van der Waals surface area contributed by atoms with Crippen LogP contribution in [0.15, 0.2) is 42.6 Å². The van der Waals surface area contributed by atoms with Crippen LogP contribution in [-0.2, 0) is 11.8 Å². The monoisotopic (exact) mass is 286 g/mol. The van der Waals surface area contributed by atoms with Gasteiger partial charge in [0.2, 0.25) is 0 Å². The van der Waals surface area contributed by atoms with Crippen molar-refractivity contribution in [1.82, 2.24) is 15.2 Å². The van der Waals surface area contributed by atoms with Gasteiger partial charge >= 0.3 is 0 Å². The van der Waals surface area contributed by atoms with Crippen LogP contribution in [-0.4, -0.2) is 15.8 Å². The summed E-state index contributed by atoms with van der Waals surface area (Å²) in [5.74, 6) is 5.83. The number of benzene rings is 1. The molecule has 1 aromatic carbocycles. The fourth-order valence-corrected chi connectivity index (χ4v) is 2.57. The molecule has 0 aliphatic rings. The van der Waals surface area contributed by atoms with Crippen molar-refractivity contribution >= 4 is 0 Å². The lowest BCUT2D eigenvalue weighted by molar-refractivity contribution is 0.338. The van der Waals surface area contributed by atoms with E-state index in [0.717, 1.165) is 12.1 Å². The third-order valence-corrected chi connectivity index (χ3v) is 4.20. The van der Waals surface area contributed by atoms with Crippen LogP contribution >= 0.6 is 0 Å². The third-order valence-electron chi connectivity index (χ3n) is 4.20. The fraction of sp³-hybridized carbons (Fsp3) is 0.471. The maximum Gasteiger partial charge on any atom is 0.0641 e. The van der Waals surface area contributed by atoms with Crippen LogP contribution in [0, 0.1) is 0 Å². The molecule has 3 N–H and O–H groups in total. The Balaban J connectivity index is 2.18. The standard InChI is InChI=1S/C17H26N4/c1-13(2)21-11-10-15(20-21)12-16(19-18)17(3,4)14-8-6-5-7-9-14/h5-11,13,16,19H,12,18H2,1-4H3. The quantitative estimate of drug-likeness (QED) is 0.634. The zero-order chi connectivity index (χ0) is 15.5. The average Bonchev–Trinajstić information content (AvgIpc) is 2.94. The Morgan fingerprint density at radius 3 is 2.38 bits per heavy atom. The normalized spacial score (nSPS) is 13.6. The molecule has 2 rings (SSSR count). The van der Waals surface area contributed by atoms with Crippen LogP contribution in [0.4, 0.5) is 0 Å². The Morgan fingerprint density at radius 2 is 1.86 bits per heavy atom. The molecule has 0 radical (unpaired) electrons. The van der Waals surface area contributed by atoms with Gasteiger partial charge in [-0.05, 0) is 25.5 Å². The zero-order valence-corrected chi connectivity index (χ0v) is 13.4. The molecule has 4 nitrogen and oxygen atoms in total. The number of hydrogen-bond donors (Lipinski definition) is 2. The second-order valence-electron chi connectivity index (χ2n) is 6.39. The minimum absolute atomic E-state index is 0.0718. The molecular formula is C17H26N4. The second kappa shape index (κ2) is 6.41. The Bertz CT molecular complexity index is 557. The third kappa shape index (κ3) is 3.52. The molecule has 1 atom stereocenters. The van der Waals surface area contributed by atoms with Gasteiger partial charge in [0.05, 0.1) is 5.69 Å². The fourth-order valence-electron chi connectivity index (χ4n) is 2.57. The molecule has 0 amide bonds. The first-order chi connectivity index (χ1) is 9.95. The lowest BCUT2D eigenvalue weighted by Crippen LogP contribution is -2.49. The van der Waals surface area contributed by atoms with Crippen LogP contribution in [0.2, 0.25) is 0 Å². The molecule has 1 aromatic heterocycles. The summed E-state index contributed by atoms with van der Waals surface area (Å²) < 4.78 is 1.98. The molecule has 0 spiro atoms. The number of hydrazine groups is 1. The molecule has 0 aliphatic carbocycles. The summed E-state index contributed by atoms with van der Waals surface area (Å²) in [7, 11) is 0. The van der Waals surface area contributed by atoms with E-state index >= 15 is 0 Å². The first-order valence-corrected chi connectivity index (χ1v) is 7.51. The van der Waals surface area contributed by atoms with Gasteiger partial charge in [-0.3, -0.25) is 16.0 Å². The van der Waals surface area contributed by atoms with Gasteiger partial charge < -0.3 is 0 Å². The van der Waals surface area contributed by atoms with Crippen LogP contribution < -0.4 is 11.3 Å². The van der Waals surface area contributed by atoms with E-state index in [9.17, 15) is 0 Å². The molecule has 1 unspecified atom stereocenters. The highest BCUT2D eigenvalue weighted by atomic mass is 15.3. The van der Waals surface area contributed by atoms with Gasteiger partial charge in [-0.2, -0.15) is 5.10 Å². The van der Waals surface area contributed by atoms with Gasteiger partial charge in [-0.25, -0.2) is 0 Å². The molecule has 0 bridgehead atoms. The van der Waals surface area contributed by atoms with Crippen LogP contribution in [0.25, 0.3) is 0 Å². The lowest BCUT2D eigenvalue weighted by Gasteiger charge is -2.34. The summed E-state index contributed by atoms with van der Waals surface area (Å²) in [5, 5.41) is 4.63. The summed E-state index contributed by atoms with van der Waals surface area (Å²) in [5.41, 5.74) is 5.25. The number of nitrogens with zero attached hydrogens (tertiary/aromatic N) is 2. The molecule has 2 aromatic rings. The van der Waals surface area contributed by atoms with Crippen LogP contribution in [0.3, 0.4) is 0 Å². The molecule has 114 valence electrons. The predicted molar refractivity (Wildman–Crippen MR) is 86.9 cm³/mol. The topological polar surface area (TPSA) is 55.9 Å². The Morgan fingerprint density at radius 1 is 1.19 bits per heavy atom. The minimum Gasteiger partial charge on any atom is -0.271 e. The van der Waals surface area contributed by atoms with Crippen molar-refractivity contribution < 1.29 is 0 Å². The van der Waals surface area contributed by atoms with Gasteiger partial charge in [0.15, 0.2) is 0 Å². The van der Waals surface area contributed by atoms with Crippen molar-refractivity contribution in [2.24, 2.45) is 5.84 Å². The van der Waals surface area contributed by atoms with Gasteiger partial charge in [0.1, 0.15) is 0 Å². The van der Waals surface area contributed by atoms with E-state index < -0.39 is 0 Å². The van der Waals surface area contributed by atoms with Crippen molar-refractivity contribution in [3.63, 3.8) is 0 Å². The van der Waals surface area contributed by atoms with Crippen molar-refractivity contribution in [3.8, 4) is 0 Å². The summed E-state index contributed by atoms with van der Waals surface area (Å²) in [4.78, 5) is 0. The van der Waals surface area contributed by atoms with E-state index in [4.69, 9.17) is 5.84 Å². The summed E-state index contributed by atoms with van der Waals surface area (Å²) in [6, 6.07) is 13.0. The molecule has 0 fully saturated rings. The highest BCUT2D eigenvalue weighted by molar-refractivity contribution is 5.26. The number of nitrogens with two attached hydrogens (primary N) is 1. The summed E-state index contributed by atoms with van der Waals surface area (Å²) in [6.07, 6.45) is 2.83. The molecule has 1 heterocycles. The molecular weight excluding hydrogens is 260 g/mol. The van der Waals surface area contributed by atoms with Gasteiger partial charge in [-0.1, -0.05) is 44.2 Å². The molecule has 0 saturated carbocycles. The zero-order valence-electron chi connectivity index (χ0n) is 13.4. The van der Waals surface area contributed by atoms with Gasteiger partial charge in [0, 0.05) is 30.1 Å². The van der Waals surface area contributed by atoms with E-state index in [1.54, 1.807) is 0 Å². The first-order valence-electron chi connectivity index (χ1n) is 7.51. The SMILES string of the molecule is CC(C)n1ccc(CC(NN)C(C)(C)c2ccccc2)n1. The maximum absolute atomic E-state index is 5.83. The van der Waals surface area contributed by atoms with Crippen molar-refractivity contribution in [2.75, 3.05) is 0 Å². The number of rotatable bonds is 6. The predicted octanol–water partition coefficient (Wildman–Crippen LogP) is 2.82. The summed E-state index contributed by atoms with van der Waals surface area (Å²) >= 11 is 0. The second-order valence-corrected chi connectivity index (χ2v) is 6.39. The minimum atomic E-state index is -0.0718. The Hall–Kier alpha value is -1.65. The average molecular weight is 286 g/mol. The molecule has 4 heteroatoms. The number of nitrogens with one attached hydrogen (secondary N) is 1. The first kappa shape index (κ1) is 15.7. The lowest BCUT2D eigenvalue weighted by atomic mass is 9.76. The highest BCUT2D eigenvalue weighted by Crippen LogP contribution is 2.28. The van der Waals surface area contributed by atoms with Crippen molar-refractivity contribution in [1.29, 1.82) is 0 Å². The Kier molecular flexibility index (Phi) is 4.80. The van der Waals surface area contributed by atoms with E-state index in [1.165, 1.54) is 5.56 Å². The van der Waals surface area contributed by atoms with Crippen molar-refractivity contribution in [3.05, 3.63) is 53.9 Å². The van der Waals surface area contributed by atoms with Gasteiger partial charge in [-0.15, -0.1) is 0 Å². The number of aromatic nitrogens is 2. The van der Waals surface area contributed by atoms with E-state index in [2.05, 4.69) is 68.6 Å².